The van der Waals surface area contributed by atoms with Crippen LogP contribution in [0.1, 0.15) is 18.1 Å². The number of nitrogens with zero attached hydrogens (tertiary/aromatic N) is 2. The molecule has 0 radical (unpaired) electrons. The normalized spacial score (nSPS) is 19.2. The molecular weight excluding hydrogens is 270 g/mol. The molecule has 1 aliphatic rings. The molecule has 1 fully saturated rings. The number of hydrogen-bond donors (Lipinski definition) is 1. The highest BCUT2D eigenvalue weighted by Crippen LogP contribution is 2.16. The van der Waals surface area contributed by atoms with Crippen LogP contribution in [0.25, 0.3) is 0 Å². The lowest BCUT2D eigenvalue weighted by atomic mass is 10.1. The fraction of sp³-hybridized carbons (Fsp3) is 0.625. The second-order valence-electron chi connectivity index (χ2n) is 5.97. The lowest BCUT2D eigenvalue weighted by molar-refractivity contribution is 0.144. The summed E-state index contributed by atoms with van der Waals surface area (Å²) in [5.74, 6) is 0. The largest absolute Gasteiger partial charge is 0.309 e. The molecule has 3 nitrogen and oxygen atoms in total. The van der Waals surface area contributed by atoms with Crippen molar-refractivity contribution in [3.05, 3.63) is 34.3 Å². The first-order valence-electron chi connectivity index (χ1n) is 7.44. The van der Waals surface area contributed by atoms with Gasteiger partial charge in [-0.2, -0.15) is 0 Å². The Morgan fingerprint density at radius 2 is 1.95 bits per heavy atom. The van der Waals surface area contributed by atoms with E-state index in [0.717, 1.165) is 23.7 Å². The first-order valence-corrected chi connectivity index (χ1v) is 7.81. The van der Waals surface area contributed by atoms with Gasteiger partial charge in [-0.05, 0) is 38.1 Å². The molecule has 20 heavy (non-hydrogen) atoms. The van der Waals surface area contributed by atoms with Gasteiger partial charge >= 0.3 is 0 Å². The maximum absolute atomic E-state index is 6.16. The van der Waals surface area contributed by atoms with Crippen LogP contribution in [0.3, 0.4) is 0 Å². The van der Waals surface area contributed by atoms with E-state index in [9.17, 15) is 0 Å². The van der Waals surface area contributed by atoms with Crippen LogP contribution in [-0.2, 0) is 6.54 Å². The highest BCUT2D eigenvalue weighted by molar-refractivity contribution is 6.31. The Balaban J connectivity index is 1.74. The summed E-state index contributed by atoms with van der Waals surface area (Å²) in [7, 11) is 2.19. The molecule has 1 aliphatic heterocycles. The number of likely N-dealkylation sites (N-methyl/N-ethyl adjacent to an activating group) is 1. The van der Waals surface area contributed by atoms with Crippen LogP contribution in [0.5, 0.6) is 0 Å². The van der Waals surface area contributed by atoms with Gasteiger partial charge in [-0.25, -0.2) is 0 Å². The molecule has 4 heteroatoms. The summed E-state index contributed by atoms with van der Waals surface area (Å²) in [6.07, 6.45) is 0. The second kappa shape index (κ2) is 7.41. The van der Waals surface area contributed by atoms with E-state index in [1.54, 1.807) is 0 Å². The molecular formula is C16H26ClN3. The molecule has 0 unspecified atom stereocenters. The third kappa shape index (κ3) is 4.74. The van der Waals surface area contributed by atoms with Gasteiger partial charge in [0, 0.05) is 50.3 Å². The molecule has 0 amide bonds. The van der Waals surface area contributed by atoms with Gasteiger partial charge in [0.05, 0.1) is 0 Å². The summed E-state index contributed by atoms with van der Waals surface area (Å²) in [5, 5.41) is 4.45. The molecule has 0 saturated carbocycles. The zero-order valence-corrected chi connectivity index (χ0v) is 13.6. The van der Waals surface area contributed by atoms with Crippen molar-refractivity contribution >= 4 is 11.6 Å². The van der Waals surface area contributed by atoms with Crippen LogP contribution in [0.2, 0.25) is 5.02 Å². The minimum absolute atomic E-state index is 0.499. The monoisotopic (exact) mass is 295 g/mol. The quantitative estimate of drug-likeness (QED) is 0.900. The molecule has 0 aliphatic carbocycles. The summed E-state index contributed by atoms with van der Waals surface area (Å²) >= 11 is 6.16. The number of halogens is 1. The predicted molar refractivity (Wildman–Crippen MR) is 86.4 cm³/mol. The topological polar surface area (TPSA) is 18.5 Å². The summed E-state index contributed by atoms with van der Waals surface area (Å²) < 4.78 is 0. The van der Waals surface area contributed by atoms with E-state index in [1.807, 2.05) is 6.92 Å². The number of nitrogens with one attached hydrogen (secondary N) is 1. The van der Waals surface area contributed by atoms with E-state index in [1.165, 1.54) is 31.7 Å². The van der Waals surface area contributed by atoms with E-state index >= 15 is 0 Å². The van der Waals surface area contributed by atoms with Gasteiger partial charge in [-0.3, -0.25) is 4.90 Å². The number of hydrogen-bond acceptors (Lipinski definition) is 3. The summed E-state index contributed by atoms with van der Waals surface area (Å²) in [4.78, 5) is 4.93. The molecule has 1 heterocycles. The Morgan fingerprint density at radius 1 is 1.25 bits per heavy atom. The van der Waals surface area contributed by atoms with Crippen LogP contribution in [0.15, 0.2) is 18.2 Å². The van der Waals surface area contributed by atoms with Gasteiger partial charge in [0.15, 0.2) is 0 Å². The number of aryl methyl sites for hydroxylation is 1. The van der Waals surface area contributed by atoms with Gasteiger partial charge in [-0.1, -0.05) is 23.7 Å². The predicted octanol–water partition coefficient (Wildman–Crippen LogP) is 2.37. The molecule has 1 saturated heterocycles. The smallest absolute Gasteiger partial charge is 0.0438 e. The Hall–Kier alpha value is -0.610. The molecule has 1 N–H and O–H groups in total. The van der Waals surface area contributed by atoms with E-state index in [4.69, 9.17) is 11.6 Å². The van der Waals surface area contributed by atoms with Crippen LogP contribution in [0, 0.1) is 6.92 Å². The molecule has 0 bridgehead atoms. The summed E-state index contributed by atoms with van der Waals surface area (Å²) in [6, 6.07) is 6.80. The molecule has 0 aromatic heterocycles. The Bertz CT molecular complexity index is 428. The van der Waals surface area contributed by atoms with E-state index in [-0.39, 0.29) is 0 Å². The van der Waals surface area contributed by atoms with Crippen molar-refractivity contribution < 1.29 is 0 Å². The Kier molecular flexibility index (Phi) is 5.85. The van der Waals surface area contributed by atoms with E-state index in [2.05, 4.69) is 47.3 Å². The zero-order valence-electron chi connectivity index (χ0n) is 12.8. The molecule has 1 aromatic carbocycles. The minimum Gasteiger partial charge on any atom is -0.309 e. The van der Waals surface area contributed by atoms with Gasteiger partial charge in [0.1, 0.15) is 0 Å². The van der Waals surface area contributed by atoms with Crippen molar-refractivity contribution in [2.45, 2.75) is 26.4 Å². The SMILES string of the molecule is Cc1ccc(CN[C@H](C)CN2CCN(C)CC2)cc1Cl. The van der Waals surface area contributed by atoms with Crippen molar-refractivity contribution in [3.8, 4) is 0 Å². The van der Waals surface area contributed by atoms with Crippen molar-refractivity contribution in [2.24, 2.45) is 0 Å². The summed E-state index contributed by atoms with van der Waals surface area (Å²) in [6.45, 7) is 11.0. The number of benzene rings is 1. The first-order chi connectivity index (χ1) is 9.54. The maximum atomic E-state index is 6.16. The lowest BCUT2D eigenvalue weighted by Gasteiger charge is -2.34. The van der Waals surface area contributed by atoms with Crippen LogP contribution < -0.4 is 5.32 Å². The van der Waals surface area contributed by atoms with Crippen LogP contribution in [-0.4, -0.2) is 55.6 Å². The van der Waals surface area contributed by atoms with Crippen molar-refractivity contribution in [3.63, 3.8) is 0 Å². The maximum Gasteiger partial charge on any atom is 0.0438 e. The van der Waals surface area contributed by atoms with Gasteiger partial charge < -0.3 is 10.2 Å². The average molecular weight is 296 g/mol. The number of piperazine rings is 1. The van der Waals surface area contributed by atoms with Crippen LogP contribution in [0.4, 0.5) is 0 Å². The minimum atomic E-state index is 0.499. The van der Waals surface area contributed by atoms with Crippen molar-refractivity contribution in [2.75, 3.05) is 39.8 Å². The second-order valence-corrected chi connectivity index (χ2v) is 6.38. The lowest BCUT2D eigenvalue weighted by Crippen LogP contribution is -2.48. The molecule has 0 spiro atoms. The Labute approximate surface area is 127 Å². The van der Waals surface area contributed by atoms with E-state index in [0.29, 0.717) is 6.04 Å². The molecule has 1 atom stereocenters. The van der Waals surface area contributed by atoms with E-state index < -0.39 is 0 Å². The van der Waals surface area contributed by atoms with Gasteiger partial charge in [0.25, 0.3) is 0 Å². The van der Waals surface area contributed by atoms with Crippen molar-refractivity contribution in [1.29, 1.82) is 0 Å². The fourth-order valence-corrected chi connectivity index (χ4v) is 2.72. The van der Waals surface area contributed by atoms with Crippen molar-refractivity contribution in [1.82, 2.24) is 15.1 Å². The first kappa shape index (κ1) is 15.8. The molecule has 2 rings (SSSR count). The number of rotatable bonds is 5. The van der Waals surface area contributed by atoms with Crippen LogP contribution >= 0.6 is 11.6 Å². The average Bonchev–Trinajstić information content (AvgIpc) is 2.43. The third-order valence-corrected chi connectivity index (χ3v) is 4.43. The zero-order chi connectivity index (χ0) is 14.5. The third-order valence-electron chi connectivity index (χ3n) is 4.02. The standard InChI is InChI=1S/C16H26ClN3/c1-13-4-5-15(10-16(13)17)11-18-14(2)12-20-8-6-19(3)7-9-20/h4-5,10,14,18H,6-9,11-12H2,1-3H3/t14-/m1/s1. The molecule has 1 aromatic rings. The highest BCUT2D eigenvalue weighted by Gasteiger charge is 2.15. The summed E-state index contributed by atoms with van der Waals surface area (Å²) in [5.41, 5.74) is 2.40. The molecule has 112 valence electrons. The fourth-order valence-electron chi connectivity index (χ4n) is 2.52. The Morgan fingerprint density at radius 3 is 2.60 bits per heavy atom. The van der Waals surface area contributed by atoms with Gasteiger partial charge in [-0.15, -0.1) is 0 Å². The van der Waals surface area contributed by atoms with Gasteiger partial charge in [0.2, 0.25) is 0 Å². The highest BCUT2D eigenvalue weighted by atomic mass is 35.5.